The van der Waals surface area contributed by atoms with Crippen LogP contribution in [0.25, 0.3) is 0 Å². The highest BCUT2D eigenvalue weighted by molar-refractivity contribution is 4.90. The Hall–Kier alpha value is -0.160. The zero-order valence-electron chi connectivity index (χ0n) is 18.0. The highest BCUT2D eigenvalue weighted by atomic mass is 16.7. The fourth-order valence-corrected chi connectivity index (χ4v) is 4.80. The van der Waals surface area contributed by atoms with Crippen molar-refractivity contribution in [1.29, 1.82) is 0 Å². The Bertz CT molecular complexity index is 391. The van der Waals surface area contributed by atoms with Crippen LogP contribution in [0.3, 0.4) is 0 Å². The van der Waals surface area contributed by atoms with Crippen LogP contribution in [0, 0.1) is 11.3 Å². The van der Waals surface area contributed by atoms with Crippen LogP contribution in [0.4, 0.5) is 0 Å². The standard InChI is InChI=1S/C22H43NO3/c1-6-12-21(4,5)19-9-13-22(14-10-19)25-18-20(26-22)11-15-23(7-2)16-17-24-8-3/h19-20H,6-18H2,1-5H3. The number of likely N-dealkylation sites (N-methyl/N-ethyl adjacent to an activating group) is 1. The van der Waals surface area contributed by atoms with Gasteiger partial charge in [-0.3, -0.25) is 0 Å². The topological polar surface area (TPSA) is 30.9 Å². The Labute approximate surface area is 161 Å². The molecule has 4 heteroatoms. The third kappa shape index (κ3) is 6.19. The van der Waals surface area contributed by atoms with Crippen molar-refractivity contribution in [3.63, 3.8) is 0 Å². The molecule has 154 valence electrons. The molecule has 0 aromatic heterocycles. The molecule has 1 saturated carbocycles. The molecule has 0 aromatic carbocycles. The minimum atomic E-state index is -0.272. The van der Waals surface area contributed by atoms with Crippen molar-refractivity contribution < 1.29 is 14.2 Å². The molecule has 1 aliphatic carbocycles. The summed E-state index contributed by atoms with van der Waals surface area (Å²) < 4.78 is 18.2. The molecule has 0 radical (unpaired) electrons. The Morgan fingerprint density at radius 3 is 2.46 bits per heavy atom. The molecule has 1 saturated heterocycles. The van der Waals surface area contributed by atoms with Gasteiger partial charge in [-0.15, -0.1) is 0 Å². The van der Waals surface area contributed by atoms with E-state index in [-0.39, 0.29) is 11.9 Å². The van der Waals surface area contributed by atoms with E-state index >= 15 is 0 Å². The van der Waals surface area contributed by atoms with Crippen molar-refractivity contribution >= 4 is 0 Å². The molecule has 26 heavy (non-hydrogen) atoms. The molecule has 2 aliphatic rings. The first-order valence-corrected chi connectivity index (χ1v) is 11.1. The first-order chi connectivity index (χ1) is 12.4. The van der Waals surface area contributed by atoms with Gasteiger partial charge in [-0.05, 0) is 50.5 Å². The minimum Gasteiger partial charge on any atom is -0.380 e. The molecule has 1 spiro atoms. The Morgan fingerprint density at radius 1 is 1.12 bits per heavy atom. The van der Waals surface area contributed by atoms with Crippen LogP contribution in [0.5, 0.6) is 0 Å². The summed E-state index contributed by atoms with van der Waals surface area (Å²) in [4.78, 5) is 2.45. The van der Waals surface area contributed by atoms with E-state index in [0.29, 0.717) is 5.41 Å². The third-order valence-corrected chi connectivity index (χ3v) is 6.63. The van der Waals surface area contributed by atoms with Crippen molar-refractivity contribution in [3.8, 4) is 0 Å². The number of hydrogen-bond donors (Lipinski definition) is 0. The van der Waals surface area contributed by atoms with E-state index in [9.17, 15) is 0 Å². The van der Waals surface area contributed by atoms with Gasteiger partial charge < -0.3 is 19.1 Å². The molecule has 2 fully saturated rings. The molecule has 0 bridgehead atoms. The summed E-state index contributed by atoms with van der Waals surface area (Å²) in [5.41, 5.74) is 0.455. The van der Waals surface area contributed by atoms with Gasteiger partial charge in [-0.25, -0.2) is 0 Å². The second kappa shape index (κ2) is 10.4. The van der Waals surface area contributed by atoms with Crippen LogP contribution < -0.4 is 0 Å². The predicted molar refractivity (Wildman–Crippen MR) is 107 cm³/mol. The maximum absolute atomic E-state index is 6.45. The monoisotopic (exact) mass is 369 g/mol. The number of rotatable bonds is 11. The van der Waals surface area contributed by atoms with Crippen molar-refractivity contribution in [3.05, 3.63) is 0 Å². The fourth-order valence-electron chi connectivity index (χ4n) is 4.80. The molecular formula is C22H43NO3. The maximum atomic E-state index is 6.45. The summed E-state index contributed by atoms with van der Waals surface area (Å²) in [5.74, 6) is 0.541. The van der Waals surface area contributed by atoms with E-state index in [1.54, 1.807) is 0 Å². The van der Waals surface area contributed by atoms with E-state index in [1.165, 1.54) is 25.7 Å². The van der Waals surface area contributed by atoms with Crippen LogP contribution >= 0.6 is 0 Å². The van der Waals surface area contributed by atoms with Gasteiger partial charge in [-0.2, -0.15) is 0 Å². The van der Waals surface area contributed by atoms with E-state index < -0.39 is 0 Å². The second-order valence-electron chi connectivity index (χ2n) is 8.89. The zero-order chi connectivity index (χ0) is 19.0. The molecule has 1 aliphatic heterocycles. The Balaban J connectivity index is 1.73. The highest BCUT2D eigenvalue weighted by Gasteiger charge is 2.46. The van der Waals surface area contributed by atoms with Gasteiger partial charge in [0.1, 0.15) is 0 Å². The summed E-state index contributed by atoms with van der Waals surface area (Å²) in [5, 5.41) is 0. The molecule has 0 N–H and O–H groups in total. The molecule has 1 unspecified atom stereocenters. The molecule has 0 aromatic rings. The second-order valence-corrected chi connectivity index (χ2v) is 8.89. The number of ether oxygens (including phenoxy) is 3. The van der Waals surface area contributed by atoms with Crippen molar-refractivity contribution in [2.45, 2.75) is 91.5 Å². The van der Waals surface area contributed by atoms with E-state index in [0.717, 1.165) is 64.6 Å². The fraction of sp³-hybridized carbons (Fsp3) is 1.00. The van der Waals surface area contributed by atoms with Gasteiger partial charge in [0.05, 0.1) is 19.3 Å². The van der Waals surface area contributed by atoms with Gasteiger partial charge in [0.2, 0.25) is 0 Å². The van der Waals surface area contributed by atoms with Gasteiger partial charge in [-0.1, -0.05) is 34.1 Å². The van der Waals surface area contributed by atoms with E-state index in [4.69, 9.17) is 14.2 Å². The lowest BCUT2D eigenvalue weighted by molar-refractivity contribution is -0.197. The highest BCUT2D eigenvalue weighted by Crippen LogP contribution is 2.47. The third-order valence-electron chi connectivity index (χ3n) is 6.63. The van der Waals surface area contributed by atoms with E-state index in [1.807, 2.05) is 0 Å². The van der Waals surface area contributed by atoms with Crippen LogP contribution in [0.2, 0.25) is 0 Å². The predicted octanol–water partition coefficient (Wildman–Crippen LogP) is 4.86. The van der Waals surface area contributed by atoms with Crippen LogP contribution in [0.1, 0.15) is 79.6 Å². The normalized spacial score (nSPS) is 29.8. The quantitative estimate of drug-likeness (QED) is 0.487. The first kappa shape index (κ1) is 22.1. The molecule has 2 rings (SSSR count). The Morgan fingerprint density at radius 2 is 1.85 bits per heavy atom. The van der Waals surface area contributed by atoms with Gasteiger partial charge in [0.25, 0.3) is 0 Å². The average Bonchev–Trinajstić information content (AvgIpc) is 3.01. The zero-order valence-corrected chi connectivity index (χ0v) is 18.0. The molecule has 0 amide bonds. The maximum Gasteiger partial charge on any atom is 0.168 e. The molecular weight excluding hydrogens is 326 g/mol. The van der Waals surface area contributed by atoms with Gasteiger partial charge in [0, 0.05) is 32.5 Å². The Kier molecular flexibility index (Phi) is 8.85. The van der Waals surface area contributed by atoms with Gasteiger partial charge in [0.15, 0.2) is 5.79 Å². The average molecular weight is 370 g/mol. The lowest BCUT2D eigenvalue weighted by Gasteiger charge is -2.42. The summed E-state index contributed by atoms with van der Waals surface area (Å²) in [6, 6.07) is 0. The van der Waals surface area contributed by atoms with Gasteiger partial charge >= 0.3 is 0 Å². The summed E-state index contributed by atoms with van der Waals surface area (Å²) >= 11 is 0. The van der Waals surface area contributed by atoms with Crippen molar-refractivity contribution in [2.24, 2.45) is 11.3 Å². The van der Waals surface area contributed by atoms with Crippen LogP contribution in [0.15, 0.2) is 0 Å². The smallest absolute Gasteiger partial charge is 0.168 e. The summed E-state index contributed by atoms with van der Waals surface area (Å²) in [6.07, 6.45) is 8.56. The number of hydrogen-bond acceptors (Lipinski definition) is 4. The summed E-state index contributed by atoms with van der Waals surface area (Å²) in [7, 11) is 0. The van der Waals surface area contributed by atoms with Crippen LogP contribution in [-0.4, -0.2) is 56.2 Å². The largest absolute Gasteiger partial charge is 0.380 e. The summed E-state index contributed by atoms with van der Waals surface area (Å²) in [6.45, 7) is 17.0. The number of nitrogens with zero attached hydrogens (tertiary/aromatic N) is 1. The SMILES string of the molecule is CCCC(C)(C)C1CCC2(CC1)OCC(CCN(CC)CCOCC)O2. The molecule has 1 atom stereocenters. The first-order valence-electron chi connectivity index (χ1n) is 11.1. The molecule has 1 heterocycles. The minimum absolute atomic E-state index is 0.261. The lowest BCUT2D eigenvalue weighted by Crippen LogP contribution is -2.39. The molecule has 4 nitrogen and oxygen atoms in total. The van der Waals surface area contributed by atoms with Crippen molar-refractivity contribution in [2.75, 3.05) is 39.5 Å². The van der Waals surface area contributed by atoms with Crippen LogP contribution in [-0.2, 0) is 14.2 Å². The van der Waals surface area contributed by atoms with E-state index in [2.05, 4.69) is 39.5 Å². The van der Waals surface area contributed by atoms with Crippen molar-refractivity contribution in [1.82, 2.24) is 4.90 Å². The lowest BCUT2D eigenvalue weighted by atomic mass is 9.68.